The van der Waals surface area contributed by atoms with Gasteiger partial charge in [-0.05, 0) is 12.1 Å². The summed E-state index contributed by atoms with van der Waals surface area (Å²) in [6.07, 6.45) is 1.69. The van der Waals surface area contributed by atoms with E-state index in [0.29, 0.717) is 16.9 Å². The van der Waals surface area contributed by atoms with E-state index in [1.807, 2.05) is 12.1 Å². The van der Waals surface area contributed by atoms with Crippen LogP contribution in [0.5, 0.6) is 0 Å². The molecule has 0 unspecified atom stereocenters. The molecule has 22 heavy (non-hydrogen) atoms. The van der Waals surface area contributed by atoms with Gasteiger partial charge in [-0.2, -0.15) is 9.61 Å². The third-order valence-corrected chi connectivity index (χ3v) is 3.72. The van der Waals surface area contributed by atoms with Gasteiger partial charge >= 0.3 is 0 Å². The molecule has 1 aromatic carbocycles. The number of anilines is 1. The summed E-state index contributed by atoms with van der Waals surface area (Å²) in [5, 5.41) is 4.28. The molecule has 4 rings (SSSR count). The SMILES string of the molecule is Cl.NC1CN(c2cc(-c3ccccc3F)nc3ccnn23)C1. The molecule has 1 fully saturated rings. The summed E-state index contributed by atoms with van der Waals surface area (Å²) >= 11 is 0. The van der Waals surface area contributed by atoms with Crippen molar-refractivity contribution < 1.29 is 4.39 Å². The molecule has 114 valence electrons. The number of nitrogens with two attached hydrogens (primary N) is 1. The second-order valence-electron chi connectivity index (χ2n) is 5.25. The van der Waals surface area contributed by atoms with Gasteiger partial charge in [0.15, 0.2) is 5.65 Å². The molecule has 5 nitrogen and oxygen atoms in total. The predicted molar refractivity (Wildman–Crippen MR) is 85.8 cm³/mol. The van der Waals surface area contributed by atoms with Crippen molar-refractivity contribution in [1.29, 1.82) is 0 Å². The summed E-state index contributed by atoms with van der Waals surface area (Å²) < 4.78 is 15.8. The van der Waals surface area contributed by atoms with E-state index in [4.69, 9.17) is 5.73 Å². The maximum absolute atomic E-state index is 14.0. The van der Waals surface area contributed by atoms with Crippen LogP contribution >= 0.6 is 12.4 Å². The van der Waals surface area contributed by atoms with Crippen LogP contribution in [0.3, 0.4) is 0 Å². The number of rotatable bonds is 2. The summed E-state index contributed by atoms with van der Waals surface area (Å²) in [6, 6.07) is 10.5. The number of hydrogen-bond acceptors (Lipinski definition) is 4. The average molecular weight is 320 g/mol. The van der Waals surface area contributed by atoms with Crippen molar-refractivity contribution in [1.82, 2.24) is 14.6 Å². The Balaban J connectivity index is 0.00000144. The van der Waals surface area contributed by atoms with Crippen LogP contribution in [-0.4, -0.2) is 33.7 Å². The molecule has 7 heteroatoms. The van der Waals surface area contributed by atoms with Crippen molar-refractivity contribution in [2.75, 3.05) is 18.0 Å². The molecule has 1 aliphatic rings. The van der Waals surface area contributed by atoms with Gasteiger partial charge in [0.05, 0.1) is 11.9 Å². The highest BCUT2D eigenvalue weighted by molar-refractivity contribution is 5.85. The second kappa shape index (κ2) is 5.55. The third kappa shape index (κ3) is 2.30. The summed E-state index contributed by atoms with van der Waals surface area (Å²) in [4.78, 5) is 6.61. The van der Waals surface area contributed by atoms with Crippen LogP contribution in [0.2, 0.25) is 0 Å². The second-order valence-corrected chi connectivity index (χ2v) is 5.25. The number of nitrogens with zero attached hydrogens (tertiary/aromatic N) is 4. The molecule has 3 heterocycles. The Hall–Kier alpha value is -2.18. The molecular weight excluding hydrogens is 305 g/mol. The molecule has 0 spiro atoms. The number of fused-ring (bicyclic) bond motifs is 1. The molecule has 2 N–H and O–H groups in total. The summed E-state index contributed by atoms with van der Waals surface area (Å²) in [6.45, 7) is 1.55. The van der Waals surface area contributed by atoms with Gasteiger partial charge < -0.3 is 10.6 Å². The molecule has 0 radical (unpaired) electrons. The smallest absolute Gasteiger partial charge is 0.157 e. The van der Waals surface area contributed by atoms with E-state index in [-0.39, 0.29) is 24.3 Å². The lowest BCUT2D eigenvalue weighted by Gasteiger charge is -2.38. The normalized spacial score (nSPS) is 14.7. The minimum absolute atomic E-state index is 0. The van der Waals surface area contributed by atoms with Crippen LogP contribution in [0.1, 0.15) is 0 Å². The van der Waals surface area contributed by atoms with Gasteiger partial charge in [-0.3, -0.25) is 0 Å². The fourth-order valence-corrected chi connectivity index (χ4v) is 2.63. The highest BCUT2D eigenvalue weighted by atomic mass is 35.5. The highest BCUT2D eigenvalue weighted by Crippen LogP contribution is 2.28. The van der Waals surface area contributed by atoms with E-state index in [2.05, 4.69) is 15.0 Å². The van der Waals surface area contributed by atoms with Gasteiger partial charge in [0, 0.05) is 36.8 Å². The molecule has 3 aromatic rings. The molecule has 2 aromatic heterocycles. The number of hydrogen-bond donors (Lipinski definition) is 1. The highest BCUT2D eigenvalue weighted by Gasteiger charge is 2.26. The monoisotopic (exact) mass is 319 g/mol. The molecule has 0 amide bonds. The Morgan fingerprint density at radius 1 is 1.18 bits per heavy atom. The molecular formula is C15H15ClFN5. The van der Waals surface area contributed by atoms with Gasteiger partial charge in [0.2, 0.25) is 0 Å². The van der Waals surface area contributed by atoms with E-state index in [9.17, 15) is 4.39 Å². The Bertz CT molecular complexity index is 813. The lowest BCUT2D eigenvalue weighted by Crippen LogP contribution is -2.56. The number of aromatic nitrogens is 3. The van der Waals surface area contributed by atoms with Crippen LogP contribution < -0.4 is 10.6 Å². The first-order chi connectivity index (χ1) is 10.2. The maximum Gasteiger partial charge on any atom is 0.157 e. The summed E-state index contributed by atoms with van der Waals surface area (Å²) in [7, 11) is 0. The van der Waals surface area contributed by atoms with Crippen molar-refractivity contribution in [2.45, 2.75) is 6.04 Å². The van der Waals surface area contributed by atoms with Gasteiger partial charge in [0.25, 0.3) is 0 Å². The lowest BCUT2D eigenvalue weighted by molar-refractivity contribution is 0.509. The van der Waals surface area contributed by atoms with Crippen LogP contribution in [0.15, 0.2) is 42.6 Å². The topological polar surface area (TPSA) is 59.5 Å². The van der Waals surface area contributed by atoms with Gasteiger partial charge in [-0.15, -0.1) is 12.4 Å². The van der Waals surface area contributed by atoms with Crippen LogP contribution in [0.4, 0.5) is 10.2 Å². The van der Waals surface area contributed by atoms with Crippen LogP contribution in [0.25, 0.3) is 16.9 Å². The van der Waals surface area contributed by atoms with Gasteiger partial charge in [-0.1, -0.05) is 12.1 Å². The Labute approximate surface area is 133 Å². The fourth-order valence-electron chi connectivity index (χ4n) is 2.63. The first-order valence-electron chi connectivity index (χ1n) is 6.82. The maximum atomic E-state index is 14.0. The van der Waals surface area contributed by atoms with E-state index in [1.165, 1.54) is 6.07 Å². The van der Waals surface area contributed by atoms with Crippen molar-refractivity contribution in [3.05, 3.63) is 48.4 Å². The van der Waals surface area contributed by atoms with Crippen molar-refractivity contribution in [2.24, 2.45) is 5.73 Å². The minimum Gasteiger partial charge on any atom is -0.353 e. The predicted octanol–water partition coefficient (Wildman–Crippen LogP) is 2.10. The molecule has 1 saturated heterocycles. The van der Waals surface area contributed by atoms with E-state index < -0.39 is 0 Å². The zero-order valence-electron chi connectivity index (χ0n) is 11.7. The largest absolute Gasteiger partial charge is 0.353 e. The summed E-state index contributed by atoms with van der Waals surface area (Å²) in [5.41, 5.74) is 7.65. The van der Waals surface area contributed by atoms with Gasteiger partial charge in [0.1, 0.15) is 11.6 Å². The quantitative estimate of drug-likeness (QED) is 0.786. The summed E-state index contributed by atoms with van der Waals surface area (Å²) in [5.74, 6) is 0.616. The average Bonchev–Trinajstić information content (AvgIpc) is 2.92. The zero-order chi connectivity index (χ0) is 14.4. The van der Waals surface area contributed by atoms with Crippen LogP contribution in [-0.2, 0) is 0 Å². The first kappa shape index (κ1) is 14.7. The number of benzene rings is 1. The molecule has 1 aliphatic heterocycles. The Kier molecular flexibility index (Phi) is 3.72. The molecule has 0 atom stereocenters. The van der Waals surface area contributed by atoms with Crippen molar-refractivity contribution in [3.63, 3.8) is 0 Å². The fraction of sp³-hybridized carbons (Fsp3) is 0.200. The van der Waals surface area contributed by atoms with E-state index >= 15 is 0 Å². The molecule has 0 saturated carbocycles. The number of halogens is 2. The van der Waals surface area contributed by atoms with E-state index in [1.54, 1.807) is 28.9 Å². The molecule has 0 bridgehead atoms. The third-order valence-electron chi connectivity index (χ3n) is 3.72. The Morgan fingerprint density at radius 3 is 2.68 bits per heavy atom. The minimum atomic E-state index is -0.278. The zero-order valence-corrected chi connectivity index (χ0v) is 12.5. The first-order valence-corrected chi connectivity index (χ1v) is 6.82. The lowest BCUT2D eigenvalue weighted by atomic mass is 10.1. The van der Waals surface area contributed by atoms with E-state index in [0.717, 1.165) is 18.9 Å². The van der Waals surface area contributed by atoms with Gasteiger partial charge in [-0.25, -0.2) is 9.37 Å². The van der Waals surface area contributed by atoms with Crippen LogP contribution in [0, 0.1) is 5.82 Å². The Morgan fingerprint density at radius 2 is 1.95 bits per heavy atom. The van der Waals surface area contributed by atoms with Crippen molar-refractivity contribution in [3.8, 4) is 11.3 Å². The molecule has 0 aliphatic carbocycles. The standard InChI is InChI=1S/C15H14FN5.ClH/c16-12-4-2-1-3-11(12)13-7-15(20-8-10(17)9-20)21-14(19-13)5-6-18-21;/h1-7,10H,8-9,17H2;1H. The van der Waals surface area contributed by atoms with Crippen molar-refractivity contribution >= 4 is 23.9 Å².